The zero-order chi connectivity index (χ0) is 15.4. The molecule has 0 bridgehead atoms. The summed E-state index contributed by atoms with van der Waals surface area (Å²) in [7, 11) is 0. The SMILES string of the molecule is Cc1ccccc1C1(c2noc(-c3n[nH]c4c3CCC4)n2)CC1. The molecule has 1 aromatic carbocycles. The van der Waals surface area contributed by atoms with Crippen LogP contribution < -0.4 is 0 Å². The second-order valence-corrected chi connectivity index (χ2v) is 6.70. The number of aromatic amines is 1. The van der Waals surface area contributed by atoms with Gasteiger partial charge in [-0.05, 0) is 50.2 Å². The van der Waals surface area contributed by atoms with Crippen molar-refractivity contribution in [2.75, 3.05) is 0 Å². The van der Waals surface area contributed by atoms with Gasteiger partial charge >= 0.3 is 0 Å². The van der Waals surface area contributed by atoms with E-state index in [0.29, 0.717) is 5.89 Å². The van der Waals surface area contributed by atoms with E-state index in [1.54, 1.807) is 0 Å². The van der Waals surface area contributed by atoms with Crippen LogP contribution in [0.5, 0.6) is 0 Å². The van der Waals surface area contributed by atoms with Crippen LogP contribution in [0.25, 0.3) is 11.6 Å². The Morgan fingerprint density at radius 2 is 2.04 bits per heavy atom. The molecule has 0 radical (unpaired) electrons. The lowest BCUT2D eigenvalue weighted by Gasteiger charge is -2.13. The van der Waals surface area contributed by atoms with E-state index in [0.717, 1.165) is 37.2 Å². The summed E-state index contributed by atoms with van der Waals surface area (Å²) in [5.41, 5.74) is 5.86. The van der Waals surface area contributed by atoms with Crippen molar-refractivity contribution in [2.24, 2.45) is 0 Å². The van der Waals surface area contributed by atoms with Crippen LogP contribution >= 0.6 is 0 Å². The monoisotopic (exact) mass is 306 g/mol. The number of aromatic nitrogens is 4. The molecule has 23 heavy (non-hydrogen) atoms. The lowest BCUT2D eigenvalue weighted by atomic mass is 9.91. The number of benzene rings is 1. The largest absolute Gasteiger partial charge is 0.332 e. The van der Waals surface area contributed by atoms with Crippen molar-refractivity contribution in [3.8, 4) is 11.6 Å². The molecule has 0 spiro atoms. The van der Waals surface area contributed by atoms with Gasteiger partial charge in [0.15, 0.2) is 11.5 Å². The molecule has 0 unspecified atom stereocenters. The number of H-pyrrole nitrogens is 1. The normalized spacial score (nSPS) is 18.1. The van der Waals surface area contributed by atoms with Crippen molar-refractivity contribution in [2.45, 2.75) is 44.4 Å². The number of aryl methyl sites for hydroxylation is 2. The number of nitrogens with one attached hydrogen (secondary N) is 1. The van der Waals surface area contributed by atoms with Crippen molar-refractivity contribution in [3.63, 3.8) is 0 Å². The van der Waals surface area contributed by atoms with E-state index in [-0.39, 0.29) is 5.41 Å². The van der Waals surface area contributed by atoms with Gasteiger partial charge in [0.1, 0.15) is 0 Å². The number of fused-ring (bicyclic) bond motifs is 1. The van der Waals surface area contributed by atoms with Gasteiger partial charge in [0.25, 0.3) is 5.89 Å². The second-order valence-electron chi connectivity index (χ2n) is 6.70. The minimum Gasteiger partial charge on any atom is -0.332 e. The lowest BCUT2D eigenvalue weighted by molar-refractivity contribution is 0.416. The van der Waals surface area contributed by atoms with E-state index >= 15 is 0 Å². The van der Waals surface area contributed by atoms with Crippen molar-refractivity contribution < 1.29 is 4.52 Å². The first-order chi connectivity index (χ1) is 11.3. The molecule has 2 heterocycles. The summed E-state index contributed by atoms with van der Waals surface area (Å²) < 4.78 is 5.58. The third-order valence-corrected chi connectivity index (χ3v) is 5.27. The van der Waals surface area contributed by atoms with Crippen molar-refractivity contribution in [1.29, 1.82) is 0 Å². The molecule has 5 rings (SSSR count). The summed E-state index contributed by atoms with van der Waals surface area (Å²) in [5, 5.41) is 11.8. The Hall–Kier alpha value is -2.43. The van der Waals surface area contributed by atoms with E-state index in [1.807, 2.05) is 0 Å². The van der Waals surface area contributed by atoms with E-state index < -0.39 is 0 Å². The molecule has 5 nitrogen and oxygen atoms in total. The Morgan fingerprint density at radius 1 is 1.17 bits per heavy atom. The summed E-state index contributed by atoms with van der Waals surface area (Å²) in [6, 6.07) is 8.50. The molecular weight excluding hydrogens is 288 g/mol. The molecule has 1 saturated carbocycles. The van der Waals surface area contributed by atoms with Gasteiger partial charge in [-0.15, -0.1) is 0 Å². The number of nitrogens with zero attached hydrogens (tertiary/aromatic N) is 3. The Bertz CT molecular complexity index is 888. The standard InChI is InChI=1S/C18H18N4O/c1-11-5-2-3-7-13(11)18(9-10-18)17-19-16(23-22-17)15-12-6-4-8-14(12)20-21-15/h2-3,5,7H,4,6,8-10H2,1H3,(H,20,21). The predicted octanol–water partition coefficient (Wildman–Crippen LogP) is 3.34. The van der Waals surface area contributed by atoms with E-state index in [9.17, 15) is 0 Å². The molecule has 1 N–H and O–H groups in total. The van der Waals surface area contributed by atoms with Crippen molar-refractivity contribution in [1.82, 2.24) is 20.3 Å². The van der Waals surface area contributed by atoms with Gasteiger partial charge in [0.2, 0.25) is 0 Å². The zero-order valence-corrected chi connectivity index (χ0v) is 13.1. The summed E-state index contributed by atoms with van der Waals surface area (Å²) in [6.07, 6.45) is 5.44. The highest BCUT2D eigenvalue weighted by Crippen LogP contribution is 2.53. The van der Waals surface area contributed by atoms with Gasteiger partial charge in [-0.2, -0.15) is 10.1 Å². The highest BCUT2D eigenvalue weighted by atomic mass is 16.5. The lowest BCUT2D eigenvalue weighted by Crippen LogP contribution is -2.12. The first kappa shape index (κ1) is 13.0. The summed E-state index contributed by atoms with van der Waals surface area (Å²) in [6.45, 7) is 2.15. The van der Waals surface area contributed by atoms with Crippen LogP contribution in [0.1, 0.15) is 47.5 Å². The van der Waals surface area contributed by atoms with Gasteiger partial charge < -0.3 is 4.52 Å². The maximum atomic E-state index is 5.58. The first-order valence-corrected chi connectivity index (χ1v) is 8.25. The Kier molecular flexibility index (Phi) is 2.57. The highest BCUT2D eigenvalue weighted by molar-refractivity contribution is 5.56. The molecular formula is C18H18N4O. The number of hydrogen-bond donors (Lipinski definition) is 1. The maximum absolute atomic E-state index is 5.58. The summed E-state index contributed by atoms with van der Waals surface area (Å²) >= 11 is 0. The molecule has 0 amide bonds. The van der Waals surface area contributed by atoms with Crippen LogP contribution in [0.2, 0.25) is 0 Å². The molecule has 5 heteroatoms. The van der Waals surface area contributed by atoms with Crippen molar-refractivity contribution in [3.05, 3.63) is 52.5 Å². The van der Waals surface area contributed by atoms with Gasteiger partial charge in [0.05, 0.1) is 5.41 Å². The fraction of sp³-hybridized carbons (Fsp3) is 0.389. The number of rotatable bonds is 3. The fourth-order valence-electron chi connectivity index (χ4n) is 3.86. The van der Waals surface area contributed by atoms with Gasteiger partial charge in [-0.3, -0.25) is 5.10 Å². The molecule has 2 aliphatic carbocycles. The topological polar surface area (TPSA) is 67.6 Å². The molecule has 0 aliphatic heterocycles. The van der Waals surface area contributed by atoms with Crippen LogP contribution in [0.15, 0.2) is 28.8 Å². The Labute approximate surface area is 134 Å². The molecule has 116 valence electrons. The fourth-order valence-corrected chi connectivity index (χ4v) is 3.86. The van der Waals surface area contributed by atoms with Crippen LogP contribution in [-0.4, -0.2) is 20.3 Å². The molecule has 2 aliphatic rings. The molecule has 3 aromatic rings. The minimum atomic E-state index is -0.0629. The van der Waals surface area contributed by atoms with Crippen molar-refractivity contribution >= 4 is 0 Å². The molecule has 1 fully saturated rings. The Morgan fingerprint density at radius 3 is 2.87 bits per heavy atom. The van der Waals surface area contributed by atoms with Gasteiger partial charge in [-0.1, -0.05) is 29.4 Å². The number of hydrogen-bond acceptors (Lipinski definition) is 4. The van der Waals surface area contributed by atoms with Crippen LogP contribution in [0, 0.1) is 6.92 Å². The van der Waals surface area contributed by atoms with Crippen LogP contribution in [0.3, 0.4) is 0 Å². The minimum absolute atomic E-state index is 0.0629. The second kappa shape index (κ2) is 4.54. The average molecular weight is 306 g/mol. The van der Waals surface area contributed by atoms with Gasteiger partial charge in [0, 0.05) is 11.3 Å². The van der Waals surface area contributed by atoms with Crippen LogP contribution in [-0.2, 0) is 18.3 Å². The van der Waals surface area contributed by atoms with E-state index in [2.05, 4.69) is 46.5 Å². The molecule has 2 aromatic heterocycles. The summed E-state index contributed by atoms with van der Waals surface area (Å²) in [4.78, 5) is 4.72. The van der Waals surface area contributed by atoms with E-state index in [4.69, 9.17) is 9.51 Å². The third-order valence-electron chi connectivity index (χ3n) is 5.27. The average Bonchev–Trinajstić information content (AvgIpc) is 2.95. The predicted molar refractivity (Wildman–Crippen MR) is 85.1 cm³/mol. The molecule has 0 atom stereocenters. The zero-order valence-electron chi connectivity index (χ0n) is 13.1. The van der Waals surface area contributed by atoms with Gasteiger partial charge in [-0.25, -0.2) is 0 Å². The first-order valence-electron chi connectivity index (χ1n) is 8.25. The highest BCUT2D eigenvalue weighted by Gasteiger charge is 2.50. The Balaban J connectivity index is 1.56. The molecule has 0 saturated heterocycles. The van der Waals surface area contributed by atoms with Crippen LogP contribution in [0.4, 0.5) is 0 Å². The third kappa shape index (κ3) is 1.82. The smallest absolute Gasteiger partial charge is 0.278 e. The summed E-state index contributed by atoms with van der Waals surface area (Å²) in [5.74, 6) is 1.36. The quantitative estimate of drug-likeness (QED) is 0.806. The van der Waals surface area contributed by atoms with E-state index in [1.165, 1.54) is 28.8 Å². The maximum Gasteiger partial charge on any atom is 0.278 e.